The van der Waals surface area contributed by atoms with E-state index in [2.05, 4.69) is 58.6 Å². The van der Waals surface area contributed by atoms with Crippen LogP contribution in [0.2, 0.25) is 0 Å². The molecule has 5 heteroatoms. The highest BCUT2D eigenvalue weighted by molar-refractivity contribution is 7.99. The van der Waals surface area contributed by atoms with Gasteiger partial charge in [0.2, 0.25) is 0 Å². The Morgan fingerprint density at radius 2 is 2.11 bits per heavy atom. The molecule has 0 amide bonds. The summed E-state index contributed by atoms with van der Waals surface area (Å²) in [6, 6.07) is 10.8. The zero-order chi connectivity index (χ0) is 12.8. The molecule has 2 unspecified atom stereocenters. The summed E-state index contributed by atoms with van der Waals surface area (Å²) in [5, 5.41) is 11.5. The maximum absolute atomic E-state index is 4.16. The average molecular weight is 262 g/mol. The van der Waals surface area contributed by atoms with E-state index in [1.165, 1.54) is 5.56 Å². The average Bonchev–Trinajstić information content (AvgIpc) is 2.89. The van der Waals surface area contributed by atoms with Crippen LogP contribution in [0.3, 0.4) is 0 Å². The van der Waals surface area contributed by atoms with Crippen molar-refractivity contribution in [3.63, 3.8) is 0 Å². The van der Waals surface area contributed by atoms with E-state index in [1.807, 2.05) is 6.07 Å². The lowest BCUT2D eigenvalue weighted by Crippen LogP contribution is -2.28. The molecule has 2 N–H and O–H groups in total. The zero-order valence-corrected chi connectivity index (χ0v) is 11.4. The SMILES string of the molecule is CCNC(c1ccccc1)C(C)Sc1ncn[nH]1. The number of rotatable bonds is 6. The molecule has 0 spiro atoms. The van der Waals surface area contributed by atoms with E-state index in [4.69, 9.17) is 0 Å². The van der Waals surface area contributed by atoms with Crippen LogP contribution < -0.4 is 5.32 Å². The summed E-state index contributed by atoms with van der Waals surface area (Å²) in [7, 11) is 0. The smallest absolute Gasteiger partial charge is 0.183 e. The molecule has 18 heavy (non-hydrogen) atoms. The van der Waals surface area contributed by atoms with E-state index in [1.54, 1.807) is 18.1 Å². The minimum absolute atomic E-state index is 0.311. The van der Waals surface area contributed by atoms with Gasteiger partial charge in [0, 0.05) is 11.3 Å². The van der Waals surface area contributed by atoms with E-state index in [9.17, 15) is 0 Å². The Balaban J connectivity index is 2.09. The first-order valence-corrected chi connectivity index (χ1v) is 6.99. The largest absolute Gasteiger partial charge is 0.309 e. The summed E-state index contributed by atoms with van der Waals surface area (Å²) in [6.45, 7) is 5.27. The van der Waals surface area contributed by atoms with Gasteiger partial charge in [0.15, 0.2) is 5.16 Å². The van der Waals surface area contributed by atoms with Crippen molar-refractivity contribution in [1.29, 1.82) is 0 Å². The van der Waals surface area contributed by atoms with Crippen LogP contribution in [0.1, 0.15) is 25.5 Å². The number of aromatic nitrogens is 3. The molecule has 2 rings (SSSR count). The molecule has 2 atom stereocenters. The number of hydrogen-bond donors (Lipinski definition) is 2. The Hall–Kier alpha value is -1.33. The first kappa shape index (κ1) is 13.1. The van der Waals surface area contributed by atoms with Crippen molar-refractivity contribution in [2.75, 3.05) is 6.54 Å². The Bertz CT molecular complexity index is 443. The highest BCUT2D eigenvalue weighted by Gasteiger charge is 2.20. The fourth-order valence-corrected chi connectivity index (χ4v) is 2.89. The first-order valence-electron chi connectivity index (χ1n) is 6.11. The molecule has 1 aromatic heterocycles. The quantitative estimate of drug-likeness (QED) is 0.786. The molecule has 0 bridgehead atoms. The molecular weight excluding hydrogens is 244 g/mol. The van der Waals surface area contributed by atoms with E-state index >= 15 is 0 Å². The molecule has 1 heterocycles. The molecule has 4 nitrogen and oxygen atoms in total. The van der Waals surface area contributed by atoms with E-state index in [0.717, 1.165) is 11.7 Å². The minimum atomic E-state index is 0.311. The van der Waals surface area contributed by atoms with Gasteiger partial charge in [0.05, 0.1) is 0 Å². The van der Waals surface area contributed by atoms with Crippen molar-refractivity contribution in [3.8, 4) is 0 Å². The van der Waals surface area contributed by atoms with Crippen LogP contribution in [0, 0.1) is 0 Å². The fourth-order valence-electron chi connectivity index (χ4n) is 1.93. The van der Waals surface area contributed by atoms with E-state index in [-0.39, 0.29) is 0 Å². The predicted molar refractivity (Wildman–Crippen MR) is 74.6 cm³/mol. The third-order valence-electron chi connectivity index (χ3n) is 2.74. The van der Waals surface area contributed by atoms with Gasteiger partial charge in [-0.3, -0.25) is 5.10 Å². The molecule has 0 aliphatic heterocycles. The third kappa shape index (κ3) is 3.34. The number of thioether (sulfide) groups is 1. The Kier molecular flexibility index (Phi) is 4.78. The fraction of sp³-hybridized carbons (Fsp3) is 0.385. The number of benzene rings is 1. The molecule has 0 radical (unpaired) electrons. The number of hydrogen-bond acceptors (Lipinski definition) is 4. The molecule has 96 valence electrons. The molecule has 1 aromatic carbocycles. The number of aromatic amines is 1. The first-order chi connectivity index (χ1) is 8.81. The monoisotopic (exact) mass is 262 g/mol. The van der Waals surface area contributed by atoms with Crippen LogP contribution in [0.4, 0.5) is 0 Å². The van der Waals surface area contributed by atoms with Gasteiger partial charge in [-0.2, -0.15) is 5.10 Å². The van der Waals surface area contributed by atoms with Gasteiger partial charge in [0.25, 0.3) is 0 Å². The summed E-state index contributed by atoms with van der Waals surface area (Å²) < 4.78 is 0. The second-order valence-corrected chi connectivity index (χ2v) is 5.43. The van der Waals surface area contributed by atoms with Crippen LogP contribution in [-0.2, 0) is 0 Å². The van der Waals surface area contributed by atoms with E-state index in [0.29, 0.717) is 11.3 Å². The van der Waals surface area contributed by atoms with Crippen molar-refractivity contribution in [2.24, 2.45) is 0 Å². The van der Waals surface area contributed by atoms with Crippen LogP contribution in [0.5, 0.6) is 0 Å². The summed E-state index contributed by atoms with van der Waals surface area (Å²) in [5.74, 6) is 0. The lowest BCUT2D eigenvalue weighted by molar-refractivity contribution is 0.547. The molecular formula is C13H18N4S. The lowest BCUT2D eigenvalue weighted by Gasteiger charge is -2.24. The number of nitrogens with one attached hydrogen (secondary N) is 2. The van der Waals surface area contributed by atoms with Crippen molar-refractivity contribution < 1.29 is 0 Å². The van der Waals surface area contributed by atoms with Gasteiger partial charge in [-0.25, -0.2) is 4.98 Å². The van der Waals surface area contributed by atoms with Gasteiger partial charge in [-0.1, -0.05) is 55.9 Å². The van der Waals surface area contributed by atoms with Crippen LogP contribution >= 0.6 is 11.8 Å². The Morgan fingerprint density at radius 1 is 1.33 bits per heavy atom. The Labute approximate surface area is 112 Å². The molecule has 0 aliphatic rings. The van der Waals surface area contributed by atoms with Crippen LogP contribution in [-0.4, -0.2) is 27.0 Å². The minimum Gasteiger partial charge on any atom is -0.309 e. The van der Waals surface area contributed by atoms with Gasteiger partial charge < -0.3 is 5.32 Å². The topological polar surface area (TPSA) is 53.6 Å². The molecule has 2 aromatic rings. The molecule has 0 aliphatic carbocycles. The summed E-state index contributed by atoms with van der Waals surface area (Å²) in [6.07, 6.45) is 1.54. The molecule has 0 fully saturated rings. The maximum atomic E-state index is 4.16. The van der Waals surface area contributed by atoms with Crippen molar-refractivity contribution >= 4 is 11.8 Å². The number of H-pyrrole nitrogens is 1. The van der Waals surface area contributed by atoms with Crippen LogP contribution in [0.25, 0.3) is 0 Å². The van der Waals surface area contributed by atoms with Gasteiger partial charge in [-0.05, 0) is 12.1 Å². The Morgan fingerprint density at radius 3 is 2.72 bits per heavy atom. The maximum Gasteiger partial charge on any atom is 0.183 e. The van der Waals surface area contributed by atoms with Gasteiger partial charge in [-0.15, -0.1) is 0 Å². The zero-order valence-electron chi connectivity index (χ0n) is 10.6. The number of nitrogens with zero attached hydrogens (tertiary/aromatic N) is 2. The van der Waals surface area contributed by atoms with Crippen molar-refractivity contribution in [2.45, 2.75) is 30.3 Å². The summed E-state index contributed by atoms with van der Waals surface area (Å²) in [5.41, 5.74) is 1.30. The normalized spacial score (nSPS) is 14.3. The standard InChI is InChI=1S/C13H18N4S/c1-3-14-12(11-7-5-4-6-8-11)10(2)18-13-15-9-16-17-13/h4-10,12,14H,3H2,1-2H3,(H,15,16,17). The van der Waals surface area contributed by atoms with Gasteiger partial charge in [0.1, 0.15) is 6.33 Å². The molecule has 0 saturated heterocycles. The second-order valence-electron chi connectivity index (χ2n) is 4.06. The third-order valence-corrected chi connectivity index (χ3v) is 3.81. The van der Waals surface area contributed by atoms with E-state index < -0.39 is 0 Å². The van der Waals surface area contributed by atoms with Crippen molar-refractivity contribution in [1.82, 2.24) is 20.5 Å². The van der Waals surface area contributed by atoms with Crippen LogP contribution in [0.15, 0.2) is 41.8 Å². The second kappa shape index (κ2) is 6.56. The summed E-state index contributed by atoms with van der Waals surface area (Å²) in [4.78, 5) is 4.16. The summed E-state index contributed by atoms with van der Waals surface area (Å²) >= 11 is 1.70. The van der Waals surface area contributed by atoms with Crippen molar-refractivity contribution in [3.05, 3.63) is 42.2 Å². The highest BCUT2D eigenvalue weighted by Crippen LogP contribution is 2.29. The highest BCUT2D eigenvalue weighted by atomic mass is 32.2. The predicted octanol–water partition coefficient (Wildman–Crippen LogP) is 2.64. The molecule has 0 saturated carbocycles. The van der Waals surface area contributed by atoms with Gasteiger partial charge >= 0.3 is 0 Å². The lowest BCUT2D eigenvalue weighted by atomic mass is 10.0.